The van der Waals surface area contributed by atoms with Crippen LogP contribution in [0.3, 0.4) is 0 Å². The number of rotatable bonds is 2. The summed E-state index contributed by atoms with van der Waals surface area (Å²) in [4.78, 5) is 25.5. The number of hydrogen-bond donors (Lipinski definition) is 0. The number of fused-ring (bicyclic) bond motifs is 1. The first kappa shape index (κ1) is 13.9. The third-order valence-electron chi connectivity index (χ3n) is 4.24. The molecule has 0 radical (unpaired) electrons. The molecule has 1 amide bonds. The van der Waals surface area contributed by atoms with Gasteiger partial charge < -0.3 is 19.1 Å². The van der Waals surface area contributed by atoms with Gasteiger partial charge >= 0.3 is 6.09 Å². The zero-order valence-electron chi connectivity index (χ0n) is 12.2. The summed E-state index contributed by atoms with van der Waals surface area (Å²) in [5, 5.41) is 0. The van der Waals surface area contributed by atoms with Gasteiger partial charge in [0.05, 0.1) is 7.11 Å². The van der Waals surface area contributed by atoms with E-state index in [1.807, 2.05) is 0 Å². The lowest BCUT2D eigenvalue weighted by Crippen LogP contribution is -2.51. The van der Waals surface area contributed by atoms with Crippen LogP contribution in [0, 0.1) is 0 Å². The molecule has 1 aromatic rings. The van der Waals surface area contributed by atoms with Crippen LogP contribution in [-0.2, 0) is 19.9 Å². The maximum atomic E-state index is 12.5. The largest absolute Gasteiger partial charge is 0.497 e. The molecule has 6 nitrogen and oxygen atoms in total. The highest BCUT2D eigenvalue weighted by atomic mass is 16.7. The molecule has 0 aliphatic carbocycles. The van der Waals surface area contributed by atoms with Crippen molar-refractivity contribution in [3.05, 3.63) is 29.8 Å². The van der Waals surface area contributed by atoms with Gasteiger partial charge in [-0.05, 0) is 24.6 Å². The maximum absolute atomic E-state index is 12.5. The lowest BCUT2D eigenvalue weighted by molar-refractivity contribution is -0.205. The van der Waals surface area contributed by atoms with Crippen LogP contribution in [0.5, 0.6) is 5.75 Å². The summed E-state index contributed by atoms with van der Waals surface area (Å²) in [6.45, 7) is 1.71. The van der Waals surface area contributed by atoms with E-state index in [1.165, 1.54) is 4.90 Å². The van der Waals surface area contributed by atoms with E-state index in [0.29, 0.717) is 5.75 Å². The molecule has 2 heterocycles. The third kappa shape index (κ3) is 2.06. The molecule has 0 aromatic heterocycles. The molecule has 3 atom stereocenters. The highest BCUT2D eigenvalue weighted by Gasteiger charge is 2.53. The van der Waals surface area contributed by atoms with Gasteiger partial charge in [0, 0.05) is 13.5 Å². The minimum Gasteiger partial charge on any atom is -0.497 e. The van der Waals surface area contributed by atoms with Crippen LogP contribution in [0.1, 0.15) is 18.9 Å². The number of methoxy groups -OCH3 is 1. The summed E-state index contributed by atoms with van der Waals surface area (Å²) in [6, 6.07) is 6.78. The summed E-state index contributed by atoms with van der Waals surface area (Å²) in [7, 11) is 3.19. The van der Waals surface area contributed by atoms with Crippen molar-refractivity contribution in [3.8, 4) is 5.75 Å². The Bertz CT molecular complexity index is 584. The van der Waals surface area contributed by atoms with Gasteiger partial charge in [-0.3, -0.25) is 4.79 Å². The van der Waals surface area contributed by atoms with Gasteiger partial charge in [0.15, 0.2) is 11.4 Å². The highest BCUT2D eigenvalue weighted by molar-refractivity contribution is 5.90. The van der Waals surface area contributed by atoms with E-state index in [-0.39, 0.29) is 18.2 Å². The zero-order valence-corrected chi connectivity index (χ0v) is 12.2. The average molecular weight is 291 g/mol. The van der Waals surface area contributed by atoms with E-state index in [9.17, 15) is 9.59 Å². The summed E-state index contributed by atoms with van der Waals surface area (Å²) < 4.78 is 16.1. The van der Waals surface area contributed by atoms with E-state index < -0.39 is 18.0 Å². The van der Waals surface area contributed by atoms with Gasteiger partial charge in [-0.1, -0.05) is 12.1 Å². The molecule has 0 N–H and O–H groups in total. The number of carbonyl (C=O) groups is 2. The van der Waals surface area contributed by atoms with Gasteiger partial charge in [-0.15, -0.1) is 0 Å². The first-order chi connectivity index (χ1) is 9.95. The predicted molar refractivity (Wildman–Crippen MR) is 72.9 cm³/mol. The number of benzene rings is 1. The number of nitrogens with zero attached hydrogens (tertiary/aromatic N) is 1. The maximum Gasteiger partial charge on any atom is 0.412 e. The van der Waals surface area contributed by atoms with Crippen LogP contribution in [0.15, 0.2) is 24.3 Å². The summed E-state index contributed by atoms with van der Waals surface area (Å²) in [5.41, 5.74) is -0.392. The van der Waals surface area contributed by atoms with Crippen molar-refractivity contribution >= 4 is 11.9 Å². The van der Waals surface area contributed by atoms with E-state index in [2.05, 4.69) is 0 Å². The normalized spacial score (nSPS) is 31.9. The average Bonchev–Trinajstić information content (AvgIpc) is 2.75. The topological polar surface area (TPSA) is 65.1 Å². The second-order valence-corrected chi connectivity index (χ2v) is 5.44. The van der Waals surface area contributed by atoms with Crippen molar-refractivity contribution in [2.75, 3.05) is 14.2 Å². The Morgan fingerprint density at radius 3 is 2.57 bits per heavy atom. The first-order valence-electron chi connectivity index (χ1n) is 6.75. The molecule has 0 unspecified atom stereocenters. The molecule has 2 aliphatic rings. The summed E-state index contributed by atoms with van der Waals surface area (Å²) >= 11 is 0. The van der Waals surface area contributed by atoms with Crippen molar-refractivity contribution in [3.63, 3.8) is 0 Å². The Morgan fingerprint density at radius 2 is 1.95 bits per heavy atom. The van der Waals surface area contributed by atoms with Gasteiger partial charge in [0.2, 0.25) is 6.29 Å². The monoisotopic (exact) mass is 291 g/mol. The lowest BCUT2D eigenvalue weighted by atomic mass is 9.85. The lowest BCUT2D eigenvalue weighted by Gasteiger charge is -2.38. The van der Waals surface area contributed by atoms with Gasteiger partial charge in [-0.2, -0.15) is 0 Å². The second kappa shape index (κ2) is 4.73. The Kier molecular flexibility index (Phi) is 3.13. The van der Waals surface area contributed by atoms with E-state index in [1.54, 1.807) is 45.3 Å². The van der Waals surface area contributed by atoms with Crippen LogP contribution >= 0.6 is 0 Å². The van der Waals surface area contributed by atoms with Crippen molar-refractivity contribution in [1.82, 2.24) is 4.90 Å². The van der Waals surface area contributed by atoms with Crippen molar-refractivity contribution in [1.29, 1.82) is 0 Å². The zero-order chi connectivity index (χ0) is 15.2. The molecule has 6 heteroatoms. The van der Waals surface area contributed by atoms with Crippen LogP contribution in [0.25, 0.3) is 0 Å². The van der Waals surface area contributed by atoms with Crippen LogP contribution in [-0.4, -0.2) is 43.3 Å². The summed E-state index contributed by atoms with van der Waals surface area (Å²) in [5.74, 6) is 0.634. The fraction of sp³-hybridized carbons (Fsp3) is 0.467. The summed E-state index contributed by atoms with van der Waals surface area (Å²) in [6.07, 6.45) is -0.959. The molecule has 0 saturated carbocycles. The molecule has 112 valence electrons. The van der Waals surface area contributed by atoms with Gasteiger partial charge in [0.25, 0.3) is 0 Å². The van der Waals surface area contributed by atoms with Crippen molar-refractivity contribution < 1.29 is 23.8 Å². The Morgan fingerprint density at radius 1 is 1.29 bits per heavy atom. The third-order valence-corrected chi connectivity index (χ3v) is 4.24. The van der Waals surface area contributed by atoms with Crippen LogP contribution in [0.4, 0.5) is 4.79 Å². The van der Waals surface area contributed by atoms with Gasteiger partial charge in [0.1, 0.15) is 11.8 Å². The number of likely N-dealkylation sites (N-methyl/N-ethyl adjacent to an activating group) is 1. The smallest absolute Gasteiger partial charge is 0.412 e. The minimum absolute atomic E-state index is 0.0703. The van der Waals surface area contributed by atoms with E-state index in [4.69, 9.17) is 14.2 Å². The molecule has 1 aromatic carbocycles. The van der Waals surface area contributed by atoms with Crippen molar-refractivity contribution in [2.45, 2.75) is 31.3 Å². The Balaban J connectivity index is 1.90. The number of amides is 1. The second-order valence-electron chi connectivity index (χ2n) is 5.44. The van der Waals surface area contributed by atoms with E-state index in [0.717, 1.165) is 5.56 Å². The molecule has 2 fully saturated rings. The molecule has 21 heavy (non-hydrogen) atoms. The predicted octanol–water partition coefficient (Wildman–Crippen LogP) is 1.68. The molecule has 0 spiro atoms. The fourth-order valence-corrected chi connectivity index (χ4v) is 2.74. The standard InChI is InChI=1S/C15H17NO5/c1-15(9-4-6-10(19-3)7-5-9)12(17)8-11-13(21-15)20-14(18)16(11)2/h4-7,11,13H,8H2,1-3H3/t11-,13+,15+/m1/s1. The number of carbonyl (C=O) groups excluding carboxylic acids is 2. The van der Waals surface area contributed by atoms with Crippen LogP contribution in [0.2, 0.25) is 0 Å². The van der Waals surface area contributed by atoms with Crippen LogP contribution < -0.4 is 4.74 Å². The molecule has 2 saturated heterocycles. The fourth-order valence-electron chi connectivity index (χ4n) is 2.74. The minimum atomic E-state index is -1.11. The molecule has 2 aliphatic heterocycles. The number of hydrogen-bond acceptors (Lipinski definition) is 5. The molecule has 3 rings (SSSR count). The highest BCUT2D eigenvalue weighted by Crippen LogP contribution is 2.39. The number of Topliss-reactive ketones (excluding diaryl/α,β-unsaturated/α-hetero) is 1. The first-order valence-corrected chi connectivity index (χ1v) is 6.75. The van der Waals surface area contributed by atoms with E-state index >= 15 is 0 Å². The Hall–Kier alpha value is -2.08. The SMILES string of the molecule is COc1ccc([C@]2(C)O[C@@H]3OC(=O)N(C)[C@@H]3CC2=O)cc1. The quantitative estimate of drug-likeness (QED) is 0.829. The Labute approximate surface area is 122 Å². The van der Waals surface area contributed by atoms with Gasteiger partial charge in [-0.25, -0.2) is 4.79 Å². The molecule has 0 bridgehead atoms. The molecular weight excluding hydrogens is 274 g/mol. The molecular formula is C15H17NO5. The number of ketones is 1. The number of ether oxygens (including phenoxy) is 3. The van der Waals surface area contributed by atoms with Crippen molar-refractivity contribution in [2.24, 2.45) is 0 Å².